The number of carbonyl (C=O) groups is 2. The van der Waals surface area contributed by atoms with Crippen LogP contribution in [0.2, 0.25) is 10.0 Å². The van der Waals surface area contributed by atoms with E-state index in [0.717, 1.165) is 17.3 Å². The van der Waals surface area contributed by atoms with Gasteiger partial charge in [0.2, 0.25) is 5.91 Å². The molecular weight excluding hydrogens is 451 g/mol. The molecule has 0 aliphatic heterocycles. The maximum absolute atomic E-state index is 12.3. The number of rotatable bonds is 7. The van der Waals surface area contributed by atoms with Gasteiger partial charge in [0.25, 0.3) is 5.91 Å². The fourth-order valence-electron chi connectivity index (χ4n) is 2.49. The minimum absolute atomic E-state index is 0.0183. The predicted octanol–water partition coefficient (Wildman–Crippen LogP) is 5.01. The summed E-state index contributed by atoms with van der Waals surface area (Å²) in [6.07, 6.45) is 1.65. The molecule has 0 heterocycles. The van der Waals surface area contributed by atoms with E-state index in [1.807, 2.05) is 19.1 Å². The van der Waals surface area contributed by atoms with Crippen molar-refractivity contribution in [1.82, 2.24) is 10.6 Å². The Morgan fingerprint density at radius 1 is 1.04 bits per heavy atom. The lowest BCUT2D eigenvalue weighted by molar-refractivity contribution is -0.123. The monoisotopic (exact) mass is 470 g/mol. The minimum atomic E-state index is -0.692. The summed E-state index contributed by atoms with van der Waals surface area (Å²) in [4.78, 5) is 24.7. The van der Waals surface area contributed by atoms with Crippen molar-refractivity contribution in [1.29, 1.82) is 0 Å². The summed E-state index contributed by atoms with van der Waals surface area (Å²) in [7, 11) is 0. The van der Waals surface area contributed by atoms with E-state index < -0.39 is 11.9 Å². The fourth-order valence-corrected chi connectivity index (χ4v) is 3.14. The largest absolute Gasteiger partial charge is 0.352 e. The smallest absolute Gasteiger partial charge is 0.253 e. The maximum atomic E-state index is 12.3. The van der Waals surface area contributed by atoms with Gasteiger partial charge in [-0.3, -0.25) is 9.59 Å². The zero-order valence-electron chi connectivity index (χ0n) is 15.1. The number of carbonyl (C=O) groups excluding carboxylic acids is 2. The van der Waals surface area contributed by atoms with Crippen LogP contribution in [0.1, 0.15) is 36.2 Å². The Bertz CT molecular complexity index is 812. The lowest BCUT2D eigenvalue weighted by Crippen LogP contribution is -2.47. The molecule has 0 aliphatic rings. The number of amides is 2. The second kappa shape index (κ2) is 10.1. The summed E-state index contributed by atoms with van der Waals surface area (Å²) in [5.41, 5.74) is 1.45. The molecule has 27 heavy (non-hydrogen) atoms. The normalized spacial score (nSPS) is 12.9. The van der Waals surface area contributed by atoms with Gasteiger partial charge in [0, 0.05) is 10.5 Å². The number of halogens is 3. The van der Waals surface area contributed by atoms with Crippen LogP contribution in [-0.4, -0.2) is 23.9 Å². The van der Waals surface area contributed by atoms with E-state index in [-0.39, 0.29) is 22.5 Å². The summed E-state index contributed by atoms with van der Waals surface area (Å²) in [6.45, 7) is 3.58. The Labute approximate surface area is 177 Å². The molecule has 0 aliphatic carbocycles. The van der Waals surface area contributed by atoms with Crippen molar-refractivity contribution >= 4 is 50.9 Å². The van der Waals surface area contributed by atoms with Crippen LogP contribution in [0.4, 0.5) is 0 Å². The molecular formula is C20H21BrCl2N2O2. The van der Waals surface area contributed by atoms with E-state index >= 15 is 0 Å². The summed E-state index contributed by atoms with van der Waals surface area (Å²) >= 11 is 15.4. The standard InChI is InChI=1S/C20H21BrCl2N2O2/c1-12(6-7-14-8-10-15(21)11-9-14)24-19(26)13(2)25-20(27)16-4-3-5-17(22)18(16)23/h3-5,8-13H,6-7H2,1-2H3,(H,24,26)(H,25,27). The third kappa shape index (κ3) is 6.52. The highest BCUT2D eigenvalue weighted by atomic mass is 79.9. The summed E-state index contributed by atoms with van der Waals surface area (Å²) < 4.78 is 1.04. The Hall–Kier alpha value is -1.56. The molecule has 0 radical (unpaired) electrons. The molecule has 2 rings (SSSR count). The van der Waals surface area contributed by atoms with E-state index in [4.69, 9.17) is 23.2 Å². The third-order valence-electron chi connectivity index (χ3n) is 4.11. The van der Waals surface area contributed by atoms with Gasteiger partial charge in [-0.05, 0) is 56.5 Å². The molecule has 2 aromatic rings. The predicted molar refractivity (Wildman–Crippen MR) is 113 cm³/mol. The zero-order chi connectivity index (χ0) is 20.0. The number of hydrogen-bond acceptors (Lipinski definition) is 2. The first kappa shape index (κ1) is 21.7. The molecule has 7 heteroatoms. The summed E-state index contributed by atoms with van der Waals surface area (Å²) in [5, 5.41) is 6.04. The first-order valence-electron chi connectivity index (χ1n) is 8.57. The van der Waals surface area contributed by atoms with Gasteiger partial charge in [0.1, 0.15) is 6.04 Å². The highest BCUT2D eigenvalue weighted by Crippen LogP contribution is 2.25. The lowest BCUT2D eigenvalue weighted by Gasteiger charge is -2.19. The molecule has 4 nitrogen and oxygen atoms in total. The number of hydrogen-bond donors (Lipinski definition) is 2. The molecule has 2 amide bonds. The molecule has 144 valence electrons. The fraction of sp³-hybridized carbons (Fsp3) is 0.300. The highest BCUT2D eigenvalue weighted by Gasteiger charge is 2.20. The number of aryl methyl sites for hydroxylation is 1. The molecule has 2 aromatic carbocycles. The van der Waals surface area contributed by atoms with Crippen LogP contribution in [0, 0.1) is 0 Å². The van der Waals surface area contributed by atoms with Crippen molar-refractivity contribution in [3.05, 3.63) is 68.1 Å². The first-order valence-corrected chi connectivity index (χ1v) is 10.1. The van der Waals surface area contributed by atoms with Crippen LogP contribution < -0.4 is 10.6 Å². The molecule has 2 unspecified atom stereocenters. The molecule has 2 atom stereocenters. The lowest BCUT2D eigenvalue weighted by atomic mass is 10.1. The Balaban J connectivity index is 1.84. The van der Waals surface area contributed by atoms with Crippen LogP contribution in [0.5, 0.6) is 0 Å². The van der Waals surface area contributed by atoms with E-state index in [2.05, 4.69) is 38.7 Å². The number of benzene rings is 2. The van der Waals surface area contributed by atoms with Gasteiger partial charge < -0.3 is 10.6 Å². The molecule has 0 aromatic heterocycles. The van der Waals surface area contributed by atoms with Gasteiger partial charge >= 0.3 is 0 Å². The van der Waals surface area contributed by atoms with Gasteiger partial charge in [0.15, 0.2) is 0 Å². The molecule has 0 bridgehead atoms. The highest BCUT2D eigenvalue weighted by molar-refractivity contribution is 9.10. The Morgan fingerprint density at radius 2 is 1.70 bits per heavy atom. The Morgan fingerprint density at radius 3 is 2.37 bits per heavy atom. The van der Waals surface area contributed by atoms with Gasteiger partial charge in [-0.1, -0.05) is 57.3 Å². The van der Waals surface area contributed by atoms with Crippen molar-refractivity contribution < 1.29 is 9.59 Å². The average Bonchev–Trinajstić information content (AvgIpc) is 2.63. The van der Waals surface area contributed by atoms with Crippen LogP contribution >= 0.6 is 39.1 Å². The van der Waals surface area contributed by atoms with Crippen LogP contribution in [0.3, 0.4) is 0 Å². The van der Waals surface area contributed by atoms with Gasteiger partial charge in [-0.2, -0.15) is 0 Å². The minimum Gasteiger partial charge on any atom is -0.352 e. The molecule has 0 fully saturated rings. The first-order chi connectivity index (χ1) is 12.8. The van der Waals surface area contributed by atoms with Crippen molar-refractivity contribution in [3.63, 3.8) is 0 Å². The van der Waals surface area contributed by atoms with Gasteiger partial charge in [-0.25, -0.2) is 0 Å². The van der Waals surface area contributed by atoms with Crippen LogP contribution in [0.15, 0.2) is 46.9 Å². The molecule has 0 spiro atoms. The van der Waals surface area contributed by atoms with Crippen molar-refractivity contribution in [2.24, 2.45) is 0 Å². The summed E-state index contributed by atoms with van der Waals surface area (Å²) in [6, 6.07) is 12.2. The van der Waals surface area contributed by atoms with Crippen molar-refractivity contribution in [3.8, 4) is 0 Å². The number of nitrogens with one attached hydrogen (secondary N) is 2. The topological polar surface area (TPSA) is 58.2 Å². The van der Waals surface area contributed by atoms with E-state index in [1.165, 1.54) is 5.56 Å². The van der Waals surface area contributed by atoms with E-state index in [9.17, 15) is 9.59 Å². The second-order valence-corrected chi connectivity index (χ2v) is 8.07. The SMILES string of the molecule is CC(CCc1ccc(Br)cc1)NC(=O)C(C)NC(=O)c1cccc(Cl)c1Cl. The van der Waals surface area contributed by atoms with E-state index in [1.54, 1.807) is 25.1 Å². The van der Waals surface area contributed by atoms with Crippen LogP contribution in [-0.2, 0) is 11.2 Å². The second-order valence-electron chi connectivity index (χ2n) is 6.37. The zero-order valence-corrected chi connectivity index (χ0v) is 18.2. The third-order valence-corrected chi connectivity index (χ3v) is 5.45. The Kier molecular flexibility index (Phi) is 8.14. The van der Waals surface area contributed by atoms with Gasteiger partial charge in [0.05, 0.1) is 15.6 Å². The van der Waals surface area contributed by atoms with Crippen molar-refractivity contribution in [2.45, 2.75) is 38.8 Å². The van der Waals surface area contributed by atoms with Crippen molar-refractivity contribution in [2.75, 3.05) is 0 Å². The average molecular weight is 472 g/mol. The van der Waals surface area contributed by atoms with Crippen LogP contribution in [0.25, 0.3) is 0 Å². The quantitative estimate of drug-likeness (QED) is 0.596. The van der Waals surface area contributed by atoms with E-state index in [0.29, 0.717) is 5.02 Å². The molecule has 0 saturated carbocycles. The maximum Gasteiger partial charge on any atom is 0.253 e. The van der Waals surface area contributed by atoms with Gasteiger partial charge in [-0.15, -0.1) is 0 Å². The summed E-state index contributed by atoms with van der Waals surface area (Å²) in [5.74, 6) is -0.683. The molecule has 0 saturated heterocycles. The molecule has 2 N–H and O–H groups in total.